The zero-order chi connectivity index (χ0) is 25.7. The Kier molecular flexibility index (Phi) is 8.47. The fourth-order valence-electron chi connectivity index (χ4n) is 5.32. The van der Waals surface area contributed by atoms with E-state index in [0.717, 1.165) is 38.5 Å². The van der Waals surface area contributed by atoms with Gasteiger partial charge in [0.25, 0.3) is 0 Å². The summed E-state index contributed by atoms with van der Waals surface area (Å²) in [7, 11) is 0. The third kappa shape index (κ3) is 6.97. The summed E-state index contributed by atoms with van der Waals surface area (Å²) in [4.78, 5) is 0. The first-order valence-electron chi connectivity index (χ1n) is 13.6. The monoisotopic (exact) mass is 474 g/mol. The van der Waals surface area contributed by atoms with E-state index in [1.165, 1.54) is 66.8 Å². The molecule has 4 aromatic carbocycles. The Morgan fingerprint density at radius 1 is 0.333 bits per heavy atom. The van der Waals surface area contributed by atoms with Crippen molar-refractivity contribution in [2.75, 3.05) is 0 Å². The molecule has 4 aromatic rings. The summed E-state index contributed by atoms with van der Waals surface area (Å²) in [5, 5.41) is 0. The third-order valence-corrected chi connectivity index (χ3v) is 7.68. The number of benzene rings is 4. The van der Waals surface area contributed by atoms with Gasteiger partial charge in [0, 0.05) is 0 Å². The second-order valence-electron chi connectivity index (χ2n) is 10.9. The average molecular weight is 475 g/mol. The minimum atomic E-state index is 1.10. The van der Waals surface area contributed by atoms with Gasteiger partial charge in [0.15, 0.2) is 0 Å². The quantitative estimate of drug-likeness (QED) is 0.227. The van der Waals surface area contributed by atoms with E-state index in [1.54, 1.807) is 0 Å². The number of hydrogen-bond donors (Lipinski definition) is 0. The van der Waals surface area contributed by atoms with Gasteiger partial charge in [-0.25, -0.2) is 0 Å². The lowest BCUT2D eigenvalue weighted by Gasteiger charge is -2.13. The maximum Gasteiger partial charge on any atom is -0.0236 e. The molecule has 4 rings (SSSR count). The average Bonchev–Trinajstić information content (AvgIpc) is 2.85. The van der Waals surface area contributed by atoms with Gasteiger partial charge in [0.2, 0.25) is 0 Å². The molecule has 0 aliphatic heterocycles. The van der Waals surface area contributed by atoms with Crippen LogP contribution in [0.4, 0.5) is 0 Å². The van der Waals surface area contributed by atoms with Gasteiger partial charge in [-0.2, -0.15) is 0 Å². The summed E-state index contributed by atoms with van der Waals surface area (Å²) >= 11 is 0. The highest BCUT2D eigenvalue weighted by Gasteiger charge is 2.08. The predicted molar refractivity (Wildman–Crippen MR) is 156 cm³/mol. The van der Waals surface area contributed by atoms with E-state index in [2.05, 4.69) is 114 Å². The molecule has 0 saturated carbocycles. The molecule has 0 aromatic heterocycles. The van der Waals surface area contributed by atoms with Crippen molar-refractivity contribution in [2.45, 2.75) is 80.1 Å². The van der Waals surface area contributed by atoms with Gasteiger partial charge < -0.3 is 0 Å². The normalized spacial score (nSPS) is 11.2. The smallest absolute Gasteiger partial charge is 0.0236 e. The number of aryl methyl sites for hydroxylation is 12. The molecule has 0 heteroatoms. The largest absolute Gasteiger partial charge is 0.0590 e. The van der Waals surface area contributed by atoms with Gasteiger partial charge in [0.1, 0.15) is 0 Å². The molecule has 0 saturated heterocycles. The second kappa shape index (κ2) is 11.7. The Labute approximate surface area is 219 Å². The molecule has 0 atom stereocenters. The van der Waals surface area contributed by atoms with Crippen LogP contribution < -0.4 is 0 Å². The van der Waals surface area contributed by atoms with Gasteiger partial charge in [-0.15, -0.1) is 0 Å². The standard InChI is InChI=1S/C36H42/c1-25-7-10-28(4)34(19-25)16-13-31-22-32(14-17-35-20-26(2)8-11-29(35)5)24-33(23-31)15-18-36-21-27(3)9-12-30(36)6/h7-12,19-24H,13-18H2,1-6H3. The minimum absolute atomic E-state index is 1.10. The lowest BCUT2D eigenvalue weighted by atomic mass is 9.92. The van der Waals surface area contributed by atoms with Crippen molar-refractivity contribution in [1.29, 1.82) is 0 Å². The third-order valence-electron chi connectivity index (χ3n) is 7.68. The lowest BCUT2D eigenvalue weighted by Crippen LogP contribution is -2.02. The minimum Gasteiger partial charge on any atom is -0.0590 e. The zero-order valence-electron chi connectivity index (χ0n) is 23.2. The van der Waals surface area contributed by atoms with Crippen LogP contribution in [0.25, 0.3) is 0 Å². The highest BCUT2D eigenvalue weighted by molar-refractivity contribution is 5.37. The van der Waals surface area contributed by atoms with E-state index in [9.17, 15) is 0 Å². The molecule has 36 heavy (non-hydrogen) atoms. The van der Waals surface area contributed by atoms with Crippen LogP contribution in [0.1, 0.15) is 66.8 Å². The van der Waals surface area contributed by atoms with E-state index in [0.29, 0.717) is 0 Å². The number of rotatable bonds is 9. The van der Waals surface area contributed by atoms with Crippen LogP contribution in [0, 0.1) is 41.5 Å². The molecule has 0 radical (unpaired) electrons. The maximum absolute atomic E-state index is 2.47. The van der Waals surface area contributed by atoms with Crippen molar-refractivity contribution in [3.05, 3.63) is 140 Å². The summed E-state index contributed by atoms with van der Waals surface area (Å²) in [6.45, 7) is 13.3. The molecule has 0 bridgehead atoms. The molecular weight excluding hydrogens is 432 g/mol. The summed E-state index contributed by atoms with van der Waals surface area (Å²) < 4.78 is 0. The van der Waals surface area contributed by atoms with Gasteiger partial charge >= 0.3 is 0 Å². The van der Waals surface area contributed by atoms with E-state index in [-0.39, 0.29) is 0 Å². The fourth-order valence-corrected chi connectivity index (χ4v) is 5.32. The van der Waals surface area contributed by atoms with Gasteiger partial charge in [-0.3, -0.25) is 0 Å². The topological polar surface area (TPSA) is 0 Å². The van der Waals surface area contributed by atoms with Crippen LogP contribution in [-0.2, 0) is 38.5 Å². The van der Waals surface area contributed by atoms with Crippen molar-refractivity contribution >= 4 is 0 Å². The van der Waals surface area contributed by atoms with Crippen LogP contribution in [0.5, 0.6) is 0 Å². The van der Waals surface area contributed by atoms with Crippen LogP contribution in [0.3, 0.4) is 0 Å². The van der Waals surface area contributed by atoms with Crippen LogP contribution >= 0.6 is 0 Å². The van der Waals surface area contributed by atoms with Gasteiger partial charge in [-0.05, 0) is 130 Å². The van der Waals surface area contributed by atoms with Gasteiger partial charge in [0.05, 0.1) is 0 Å². The highest BCUT2D eigenvalue weighted by atomic mass is 14.1. The Hall–Kier alpha value is -3.12. The molecule has 0 heterocycles. The van der Waals surface area contributed by atoms with E-state index in [4.69, 9.17) is 0 Å². The highest BCUT2D eigenvalue weighted by Crippen LogP contribution is 2.21. The molecule has 0 unspecified atom stereocenters. The molecular formula is C36H42. The Bertz CT molecular complexity index is 1160. The fraction of sp³-hybridized carbons (Fsp3) is 0.333. The second-order valence-corrected chi connectivity index (χ2v) is 10.9. The summed E-state index contributed by atoms with van der Waals surface area (Å²) in [5.74, 6) is 0. The Balaban J connectivity index is 1.56. The zero-order valence-corrected chi connectivity index (χ0v) is 23.2. The molecule has 0 aliphatic carbocycles. The van der Waals surface area contributed by atoms with E-state index >= 15 is 0 Å². The lowest BCUT2D eigenvalue weighted by molar-refractivity contribution is 0.894. The van der Waals surface area contributed by atoms with Crippen LogP contribution in [0.15, 0.2) is 72.8 Å². The first-order valence-corrected chi connectivity index (χ1v) is 13.6. The Morgan fingerprint density at radius 2 is 0.611 bits per heavy atom. The SMILES string of the molecule is Cc1ccc(C)c(CCc2cc(CCc3cc(C)ccc3C)cc(CCc3cc(C)ccc3C)c2)c1. The first kappa shape index (κ1) is 26.0. The summed E-state index contributed by atoms with van der Waals surface area (Å²) in [6, 6.07) is 28.0. The van der Waals surface area contributed by atoms with Crippen molar-refractivity contribution in [3.8, 4) is 0 Å². The first-order chi connectivity index (χ1) is 17.3. The van der Waals surface area contributed by atoms with E-state index in [1.807, 2.05) is 0 Å². The predicted octanol–water partition coefficient (Wildman–Crippen LogP) is 8.89. The van der Waals surface area contributed by atoms with Crippen LogP contribution in [-0.4, -0.2) is 0 Å². The maximum atomic E-state index is 2.47. The molecule has 186 valence electrons. The van der Waals surface area contributed by atoms with Crippen molar-refractivity contribution in [2.24, 2.45) is 0 Å². The molecule has 0 spiro atoms. The van der Waals surface area contributed by atoms with Crippen LogP contribution in [0.2, 0.25) is 0 Å². The Morgan fingerprint density at radius 3 is 0.889 bits per heavy atom. The molecule has 0 N–H and O–H groups in total. The van der Waals surface area contributed by atoms with Crippen molar-refractivity contribution in [1.82, 2.24) is 0 Å². The van der Waals surface area contributed by atoms with E-state index < -0.39 is 0 Å². The molecule has 0 amide bonds. The number of hydrogen-bond acceptors (Lipinski definition) is 0. The molecule has 0 fully saturated rings. The van der Waals surface area contributed by atoms with Crippen molar-refractivity contribution in [3.63, 3.8) is 0 Å². The molecule has 0 nitrogen and oxygen atoms in total. The van der Waals surface area contributed by atoms with Crippen molar-refractivity contribution < 1.29 is 0 Å². The van der Waals surface area contributed by atoms with Gasteiger partial charge in [-0.1, -0.05) is 89.5 Å². The molecule has 0 aliphatic rings. The summed E-state index contributed by atoms with van der Waals surface area (Å²) in [5.41, 5.74) is 17.1. The summed E-state index contributed by atoms with van der Waals surface area (Å²) in [6.07, 6.45) is 6.59.